The third kappa shape index (κ3) is 3.55. The SMILES string of the molecule is NC(=O)c1c(-c2cccc(CN3CCCC(F)(F)C3)c2)cnc2[nH]c[c]c12. The molecule has 3 N–H and O–H groups in total. The molecule has 7 heteroatoms. The van der Waals surface area contributed by atoms with Crippen LogP contribution < -0.4 is 5.73 Å². The molecule has 3 heterocycles. The van der Waals surface area contributed by atoms with Gasteiger partial charge in [-0.15, -0.1) is 0 Å². The van der Waals surface area contributed by atoms with Gasteiger partial charge in [0.2, 0.25) is 5.91 Å². The number of likely N-dealkylation sites (tertiary alicyclic amines) is 1. The quantitative estimate of drug-likeness (QED) is 0.740. The molecule has 1 amide bonds. The van der Waals surface area contributed by atoms with Gasteiger partial charge in [0.05, 0.1) is 12.1 Å². The Morgan fingerprint density at radius 1 is 1.41 bits per heavy atom. The smallest absolute Gasteiger partial charge is 0.260 e. The second-order valence-corrected chi connectivity index (χ2v) is 6.94. The van der Waals surface area contributed by atoms with Crippen molar-refractivity contribution < 1.29 is 13.6 Å². The van der Waals surface area contributed by atoms with E-state index in [1.807, 2.05) is 24.3 Å². The Labute approximate surface area is 155 Å². The number of primary amides is 1. The highest BCUT2D eigenvalue weighted by molar-refractivity contribution is 6.10. The first-order valence-electron chi connectivity index (χ1n) is 8.80. The van der Waals surface area contributed by atoms with Crippen LogP contribution in [0.15, 0.2) is 36.7 Å². The van der Waals surface area contributed by atoms with Gasteiger partial charge in [-0.3, -0.25) is 9.69 Å². The molecule has 0 aliphatic carbocycles. The Morgan fingerprint density at radius 2 is 2.26 bits per heavy atom. The Balaban J connectivity index is 1.68. The predicted octanol–water partition coefficient (Wildman–Crippen LogP) is 3.36. The highest BCUT2D eigenvalue weighted by atomic mass is 19.3. The summed E-state index contributed by atoms with van der Waals surface area (Å²) in [7, 11) is 0. The van der Waals surface area contributed by atoms with Crippen molar-refractivity contribution in [1.29, 1.82) is 0 Å². The van der Waals surface area contributed by atoms with Gasteiger partial charge in [0.1, 0.15) is 5.65 Å². The molecule has 1 radical (unpaired) electrons. The second-order valence-electron chi connectivity index (χ2n) is 6.94. The van der Waals surface area contributed by atoms with Crippen LogP contribution in [-0.2, 0) is 6.54 Å². The zero-order valence-corrected chi connectivity index (χ0v) is 14.6. The average Bonchev–Trinajstić information content (AvgIpc) is 3.08. The van der Waals surface area contributed by atoms with Crippen molar-refractivity contribution >= 4 is 16.9 Å². The summed E-state index contributed by atoms with van der Waals surface area (Å²) in [6.45, 7) is 0.856. The molecule has 139 valence electrons. The number of amides is 1. The summed E-state index contributed by atoms with van der Waals surface area (Å²) in [6, 6.07) is 10.5. The lowest BCUT2D eigenvalue weighted by atomic mass is 9.97. The van der Waals surface area contributed by atoms with Crippen LogP contribution in [0.25, 0.3) is 22.2 Å². The van der Waals surface area contributed by atoms with E-state index >= 15 is 0 Å². The molecule has 1 aliphatic heterocycles. The molecule has 27 heavy (non-hydrogen) atoms. The number of aromatic amines is 1. The molecule has 5 nitrogen and oxygen atoms in total. The molecule has 1 saturated heterocycles. The van der Waals surface area contributed by atoms with Crippen LogP contribution in [0.1, 0.15) is 28.8 Å². The second kappa shape index (κ2) is 6.74. The first-order valence-corrected chi connectivity index (χ1v) is 8.80. The number of nitrogens with one attached hydrogen (secondary N) is 1. The van der Waals surface area contributed by atoms with Gasteiger partial charge in [0, 0.05) is 42.4 Å². The lowest BCUT2D eigenvalue weighted by molar-refractivity contribution is -0.0661. The minimum atomic E-state index is -2.63. The number of piperidine rings is 1. The van der Waals surface area contributed by atoms with Crippen LogP contribution in [-0.4, -0.2) is 39.8 Å². The predicted molar refractivity (Wildman–Crippen MR) is 98.3 cm³/mol. The number of rotatable bonds is 4. The third-order valence-electron chi connectivity index (χ3n) is 4.87. The maximum Gasteiger partial charge on any atom is 0.260 e. The van der Waals surface area contributed by atoms with Crippen molar-refractivity contribution in [1.82, 2.24) is 14.9 Å². The van der Waals surface area contributed by atoms with E-state index in [1.54, 1.807) is 17.3 Å². The van der Waals surface area contributed by atoms with Gasteiger partial charge >= 0.3 is 0 Å². The molecule has 0 saturated carbocycles. The number of alkyl halides is 2. The lowest BCUT2D eigenvalue weighted by Gasteiger charge is -2.32. The Morgan fingerprint density at radius 3 is 3.04 bits per heavy atom. The Hall–Kier alpha value is -2.80. The van der Waals surface area contributed by atoms with Crippen LogP contribution in [0.4, 0.5) is 8.78 Å². The minimum absolute atomic E-state index is 0.0512. The fourth-order valence-corrected chi connectivity index (χ4v) is 3.69. The van der Waals surface area contributed by atoms with Crippen molar-refractivity contribution in [3.8, 4) is 11.1 Å². The number of carbonyl (C=O) groups is 1. The number of hydrogen-bond donors (Lipinski definition) is 2. The number of H-pyrrole nitrogens is 1. The fraction of sp³-hybridized carbons (Fsp3) is 0.300. The Bertz CT molecular complexity index is 999. The molecule has 2 aromatic heterocycles. The molecule has 1 aromatic carbocycles. The Kier molecular flexibility index (Phi) is 4.39. The van der Waals surface area contributed by atoms with E-state index in [2.05, 4.69) is 16.0 Å². The molecule has 0 unspecified atom stereocenters. The summed E-state index contributed by atoms with van der Waals surface area (Å²) >= 11 is 0. The maximum atomic E-state index is 13.7. The van der Waals surface area contributed by atoms with Gasteiger partial charge in [0.25, 0.3) is 5.92 Å². The van der Waals surface area contributed by atoms with Gasteiger partial charge in [0.15, 0.2) is 0 Å². The molecular formula is C20H19F2N4O. The number of hydrogen-bond acceptors (Lipinski definition) is 3. The van der Waals surface area contributed by atoms with E-state index in [0.29, 0.717) is 41.7 Å². The van der Waals surface area contributed by atoms with Crippen molar-refractivity contribution in [3.63, 3.8) is 0 Å². The number of nitrogens with two attached hydrogens (primary N) is 1. The van der Waals surface area contributed by atoms with E-state index in [0.717, 1.165) is 11.1 Å². The molecule has 4 rings (SSSR count). The van der Waals surface area contributed by atoms with Crippen LogP contribution in [0.5, 0.6) is 0 Å². The van der Waals surface area contributed by atoms with Crippen LogP contribution in [0.2, 0.25) is 0 Å². The minimum Gasteiger partial charge on any atom is -0.366 e. The van der Waals surface area contributed by atoms with E-state index in [9.17, 15) is 13.6 Å². The van der Waals surface area contributed by atoms with Gasteiger partial charge in [-0.2, -0.15) is 0 Å². The number of fused-ring (bicyclic) bond motifs is 1. The largest absolute Gasteiger partial charge is 0.366 e. The monoisotopic (exact) mass is 369 g/mol. The molecule has 0 bridgehead atoms. The summed E-state index contributed by atoms with van der Waals surface area (Å²) in [5, 5.41) is 0.543. The molecule has 3 aromatic rings. The molecule has 1 fully saturated rings. The van der Waals surface area contributed by atoms with Crippen LogP contribution in [0, 0.1) is 6.07 Å². The van der Waals surface area contributed by atoms with E-state index in [1.165, 1.54) is 0 Å². The number of carbonyl (C=O) groups excluding carboxylic acids is 1. The number of benzene rings is 1. The van der Waals surface area contributed by atoms with Crippen molar-refractivity contribution in [2.45, 2.75) is 25.3 Å². The highest BCUT2D eigenvalue weighted by Gasteiger charge is 2.34. The van der Waals surface area contributed by atoms with Gasteiger partial charge < -0.3 is 10.7 Å². The fourth-order valence-electron chi connectivity index (χ4n) is 3.69. The molecule has 0 spiro atoms. The van der Waals surface area contributed by atoms with Crippen molar-refractivity contribution in [3.05, 3.63) is 53.9 Å². The highest BCUT2D eigenvalue weighted by Crippen LogP contribution is 2.30. The standard InChI is InChI=1S/C20H19F2N4O/c21-20(22)6-2-8-26(12-20)11-13-3-1-4-14(9-13)16-10-25-19-15(5-7-24-19)17(16)18(23)27/h1,3-4,7,9-10H,2,6,8,11-12H2,(H2,23,27)(H,24,25). The summed E-state index contributed by atoms with van der Waals surface area (Å²) in [5.41, 5.74) is 8.78. The third-order valence-corrected chi connectivity index (χ3v) is 4.87. The molecule has 0 atom stereocenters. The number of halogens is 2. The molecule has 1 aliphatic rings. The lowest BCUT2D eigenvalue weighted by Crippen LogP contribution is -2.41. The number of pyridine rings is 1. The normalized spacial score (nSPS) is 17.3. The summed E-state index contributed by atoms with van der Waals surface area (Å²) in [5.74, 6) is -3.19. The molecular weight excluding hydrogens is 350 g/mol. The number of aromatic nitrogens is 2. The van der Waals surface area contributed by atoms with E-state index in [-0.39, 0.29) is 13.0 Å². The summed E-state index contributed by atoms with van der Waals surface area (Å²) in [4.78, 5) is 21.0. The van der Waals surface area contributed by atoms with E-state index in [4.69, 9.17) is 5.73 Å². The van der Waals surface area contributed by atoms with Gasteiger partial charge in [-0.25, -0.2) is 13.8 Å². The topological polar surface area (TPSA) is 75.0 Å². The van der Waals surface area contributed by atoms with Gasteiger partial charge in [-0.05, 0) is 30.2 Å². The van der Waals surface area contributed by atoms with Crippen LogP contribution >= 0.6 is 0 Å². The van der Waals surface area contributed by atoms with Crippen LogP contribution in [0.3, 0.4) is 0 Å². The van der Waals surface area contributed by atoms with Crippen molar-refractivity contribution in [2.75, 3.05) is 13.1 Å². The average molecular weight is 369 g/mol. The summed E-state index contributed by atoms with van der Waals surface area (Å²) < 4.78 is 27.3. The zero-order chi connectivity index (χ0) is 19.0. The van der Waals surface area contributed by atoms with E-state index < -0.39 is 11.8 Å². The summed E-state index contributed by atoms with van der Waals surface area (Å²) in [6.07, 6.45) is 3.62. The van der Waals surface area contributed by atoms with Crippen molar-refractivity contribution in [2.24, 2.45) is 5.73 Å². The van der Waals surface area contributed by atoms with Gasteiger partial charge in [-0.1, -0.05) is 18.2 Å². The first-order chi connectivity index (χ1) is 12.9. The zero-order valence-electron chi connectivity index (χ0n) is 14.6. The number of nitrogens with zero attached hydrogens (tertiary/aromatic N) is 2. The maximum absolute atomic E-state index is 13.7. The first kappa shape index (κ1) is 17.6.